The van der Waals surface area contributed by atoms with Crippen LogP contribution < -0.4 is 15.2 Å². The van der Waals surface area contributed by atoms with Gasteiger partial charge in [-0.2, -0.15) is 0 Å². The number of ether oxygens (including phenoxy) is 2. The smallest absolute Gasteiger partial charge is 0.126 e. The molecule has 0 spiro atoms. The van der Waals surface area contributed by atoms with Gasteiger partial charge in [-0.3, -0.25) is 0 Å². The molecule has 1 fully saturated rings. The minimum absolute atomic E-state index is 0.309. The van der Waals surface area contributed by atoms with E-state index in [4.69, 9.17) is 15.2 Å². The van der Waals surface area contributed by atoms with Crippen molar-refractivity contribution in [3.05, 3.63) is 23.8 Å². The monoisotopic (exact) mass is 235 g/mol. The summed E-state index contributed by atoms with van der Waals surface area (Å²) in [6.45, 7) is 0. The van der Waals surface area contributed by atoms with E-state index in [9.17, 15) is 0 Å². The first-order valence-corrected chi connectivity index (χ1v) is 6.22. The number of hydrogen-bond acceptors (Lipinski definition) is 3. The zero-order valence-corrected chi connectivity index (χ0v) is 10.6. The van der Waals surface area contributed by atoms with Crippen LogP contribution in [-0.4, -0.2) is 20.3 Å². The Morgan fingerprint density at radius 1 is 1.12 bits per heavy atom. The van der Waals surface area contributed by atoms with Crippen LogP contribution in [0.25, 0.3) is 0 Å². The summed E-state index contributed by atoms with van der Waals surface area (Å²) in [5, 5.41) is 0. The van der Waals surface area contributed by atoms with Gasteiger partial charge in [0, 0.05) is 11.6 Å². The number of nitrogens with two attached hydrogens (primary N) is 1. The summed E-state index contributed by atoms with van der Waals surface area (Å²) in [5.41, 5.74) is 7.25. The van der Waals surface area contributed by atoms with Gasteiger partial charge in [0.25, 0.3) is 0 Å². The van der Waals surface area contributed by atoms with Crippen molar-refractivity contribution >= 4 is 0 Å². The van der Waals surface area contributed by atoms with Gasteiger partial charge in [0.2, 0.25) is 0 Å². The van der Waals surface area contributed by atoms with Crippen LogP contribution in [0.3, 0.4) is 0 Å². The highest BCUT2D eigenvalue weighted by Crippen LogP contribution is 2.42. The molecular formula is C14H21NO2. The SMILES string of the molecule is COc1cccc(OC)c1C1CCCC(N)C1. The first kappa shape index (κ1) is 12.2. The Morgan fingerprint density at radius 3 is 2.29 bits per heavy atom. The van der Waals surface area contributed by atoms with Gasteiger partial charge in [-0.05, 0) is 37.3 Å². The van der Waals surface area contributed by atoms with Crippen molar-refractivity contribution in [2.45, 2.75) is 37.6 Å². The Morgan fingerprint density at radius 2 is 1.76 bits per heavy atom. The third-order valence-electron chi connectivity index (χ3n) is 3.59. The lowest BCUT2D eigenvalue weighted by atomic mass is 9.81. The first-order valence-electron chi connectivity index (χ1n) is 6.22. The average molecular weight is 235 g/mol. The summed E-state index contributed by atoms with van der Waals surface area (Å²) in [5.74, 6) is 2.30. The van der Waals surface area contributed by atoms with E-state index in [2.05, 4.69) is 0 Å². The van der Waals surface area contributed by atoms with Gasteiger partial charge in [-0.1, -0.05) is 12.5 Å². The maximum absolute atomic E-state index is 6.06. The van der Waals surface area contributed by atoms with E-state index in [1.165, 1.54) is 18.4 Å². The van der Waals surface area contributed by atoms with Crippen molar-refractivity contribution in [2.75, 3.05) is 14.2 Å². The summed E-state index contributed by atoms with van der Waals surface area (Å²) < 4.78 is 10.9. The lowest BCUT2D eigenvalue weighted by Crippen LogP contribution is -2.27. The van der Waals surface area contributed by atoms with Gasteiger partial charge in [0.1, 0.15) is 11.5 Å². The Balaban J connectivity index is 2.34. The quantitative estimate of drug-likeness (QED) is 0.876. The standard InChI is InChI=1S/C14H21NO2/c1-16-12-7-4-8-13(17-2)14(12)10-5-3-6-11(15)9-10/h4,7-8,10-11H,3,5-6,9,15H2,1-2H3. The molecule has 0 aliphatic heterocycles. The summed E-state index contributed by atoms with van der Waals surface area (Å²) in [4.78, 5) is 0. The van der Waals surface area contributed by atoms with Crippen molar-refractivity contribution in [1.82, 2.24) is 0 Å². The molecule has 0 saturated heterocycles. The van der Waals surface area contributed by atoms with Gasteiger partial charge < -0.3 is 15.2 Å². The molecule has 94 valence electrons. The van der Waals surface area contributed by atoms with Gasteiger partial charge >= 0.3 is 0 Å². The van der Waals surface area contributed by atoms with Gasteiger partial charge in [0.05, 0.1) is 14.2 Å². The molecule has 1 saturated carbocycles. The van der Waals surface area contributed by atoms with Crippen molar-refractivity contribution in [2.24, 2.45) is 5.73 Å². The molecule has 0 radical (unpaired) electrons. The predicted octanol–water partition coefficient (Wildman–Crippen LogP) is 2.69. The molecule has 0 aromatic heterocycles. The second-order valence-corrected chi connectivity index (χ2v) is 4.70. The highest BCUT2D eigenvalue weighted by atomic mass is 16.5. The van der Waals surface area contributed by atoms with E-state index < -0.39 is 0 Å². The Labute approximate surface area is 103 Å². The van der Waals surface area contributed by atoms with Crippen LogP contribution >= 0.6 is 0 Å². The Hall–Kier alpha value is -1.22. The summed E-state index contributed by atoms with van der Waals surface area (Å²) >= 11 is 0. The molecule has 2 atom stereocenters. The molecule has 2 unspecified atom stereocenters. The van der Waals surface area contributed by atoms with E-state index in [0.29, 0.717) is 12.0 Å². The number of hydrogen-bond donors (Lipinski definition) is 1. The zero-order chi connectivity index (χ0) is 12.3. The molecule has 1 aromatic rings. The van der Waals surface area contributed by atoms with E-state index in [1.54, 1.807) is 14.2 Å². The van der Waals surface area contributed by atoms with Crippen molar-refractivity contribution in [3.63, 3.8) is 0 Å². The van der Waals surface area contributed by atoms with Gasteiger partial charge in [-0.15, -0.1) is 0 Å². The largest absolute Gasteiger partial charge is 0.496 e. The van der Waals surface area contributed by atoms with Crippen LogP contribution in [0.4, 0.5) is 0 Å². The number of benzene rings is 1. The molecule has 0 heterocycles. The molecule has 0 bridgehead atoms. The minimum Gasteiger partial charge on any atom is -0.496 e. The van der Waals surface area contributed by atoms with Crippen LogP contribution in [-0.2, 0) is 0 Å². The van der Waals surface area contributed by atoms with E-state index >= 15 is 0 Å². The molecule has 2 N–H and O–H groups in total. The second-order valence-electron chi connectivity index (χ2n) is 4.70. The molecule has 17 heavy (non-hydrogen) atoms. The lowest BCUT2D eigenvalue weighted by molar-refractivity contribution is 0.345. The molecule has 3 nitrogen and oxygen atoms in total. The topological polar surface area (TPSA) is 44.5 Å². The fourth-order valence-corrected chi connectivity index (χ4v) is 2.77. The zero-order valence-electron chi connectivity index (χ0n) is 10.6. The van der Waals surface area contributed by atoms with Crippen LogP contribution in [0.2, 0.25) is 0 Å². The fraction of sp³-hybridized carbons (Fsp3) is 0.571. The number of methoxy groups -OCH3 is 2. The normalized spacial score (nSPS) is 24.4. The van der Waals surface area contributed by atoms with Crippen molar-refractivity contribution < 1.29 is 9.47 Å². The average Bonchev–Trinajstić information content (AvgIpc) is 2.37. The maximum Gasteiger partial charge on any atom is 0.126 e. The van der Waals surface area contributed by atoms with Crippen molar-refractivity contribution in [3.8, 4) is 11.5 Å². The Bertz CT molecular complexity index is 356. The summed E-state index contributed by atoms with van der Waals surface area (Å²) in [6, 6.07) is 6.27. The summed E-state index contributed by atoms with van der Waals surface area (Å²) in [6.07, 6.45) is 4.52. The van der Waals surface area contributed by atoms with E-state index in [0.717, 1.165) is 24.3 Å². The molecule has 1 aliphatic rings. The molecule has 0 amide bonds. The van der Waals surface area contributed by atoms with Crippen LogP contribution in [0.1, 0.15) is 37.2 Å². The predicted molar refractivity (Wildman–Crippen MR) is 68.7 cm³/mol. The molecule has 1 aromatic carbocycles. The van der Waals surface area contributed by atoms with E-state index in [1.807, 2.05) is 18.2 Å². The first-order chi connectivity index (χ1) is 8.26. The molecule has 2 rings (SSSR count). The summed E-state index contributed by atoms with van der Waals surface area (Å²) in [7, 11) is 3.42. The third-order valence-corrected chi connectivity index (χ3v) is 3.59. The van der Waals surface area contributed by atoms with Crippen molar-refractivity contribution in [1.29, 1.82) is 0 Å². The van der Waals surface area contributed by atoms with E-state index in [-0.39, 0.29) is 0 Å². The molecule has 3 heteroatoms. The third kappa shape index (κ3) is 2.55. The minimum atomic E-state index is 0.309. The molecular weight excluding hydrogens is 214 g/mol. The maximum atomic E-state index is 6.06. The highest BCUT2D eigenvalue weighted by molar-refractivity contribution is 5.47. The second kappa shape index (κ2) is 5.41. The Kier molecular flexibility index (Phi) is 3.89. The van der Waals surface area contributed by atoms with Gasteiger partial charge in [0.15, 0.2) is 0 Å². The molecule has 1 aliphatic carbocycles. The fourth-order valence-electron chi connectivity index (χ4n) is 2.77. The van der Waals surface area contributed by atoms with Crippen LogP contribution in [0.5, 0.6) is 11.5 Å². The highest BCUT2D eigenvalue weighted by Gasteiger charge is 2.26. The van der Waals surface area contributed by atoms with Crippen LogP contribution in [0, 0.1) is 0 Å². The number of rotatable bonds is 3. The van der Waals surface area contributed by atoms with Crippen LogP contribution in [0.15, 0.2) is 18.2 Å². The lowest BCUT2D eigenvalue weighted by Gasteiger charge is -2.29. The van der Waals surface area contributed by atoms with Gasteiger partial charge in [-0.25, -0.2) is 0 Å².